The average Bonchev–Trinajstić information content (AvgIpc) is 3.27. The van der Waals surface area contributed by atoms with Gasteiger partial charge in [0.05, 0.1) is 21.8 Å². The molecule has 5 rings (SSSR count). The van der Waals surface area contributed by atoms with E-state index in [-0.39, 0.29) is 6.10 Å². The Bertz CT molecular complexity index is 1480. The van der Waals surface area contributed by atoms with Crippen LogP contribution in [0.25, 0.3) is 22.2 Å². The van der Waals surface area contributed by atoms with Crippen molar-refractivity contribution in [2.24, 2.45) is 0 Å². The molecule has 1 atom stereocenters. The molecule has 0 spiro atoms. The first-order valence-electron chi connectivity index (χ1n) is 11.3. The van der Waals surface area contributed by atoms with Crippen LogP contribution in [0.4, 0.5) is 5.82 Å². The Hall–Kier alpha value is -2.92. The molecule has 188 valence electrons. The number of sulfonamides is 1. The van der Waals surface area contributed by atoms with Crippen LogP contribution in [0.1, 0.15) is 18.6 Å². The van der Waals surface area contributed by atoms with E-state index in [4.69, 9.17) is 27.9 Å². The highest BCUT2D eigenvalue weighted by atomic mass is 35.5. The molecule has 1 N–H and O–H groups in total. The summed E-state index contributed by atoms with van der Waals surface area (Å²) in [6.45, 7) is 3.96. The summed E-state index contributed by atoms with van der Waals surface area (Å²) >= 11 is 12.6. The number of nitrogens with zero attached hydrogens (tertiary/aromatic N) is 5. The molecule has 9 nitrogen and oxygen atoms in total. The van der Waals surface area contributed by atoms with E-state index < -0.39 is 10.0 Å². The maximum Gasteiger partial charge on any atom is 0.211 e. The van der Waals surface area contributed by atoms with Gasteiger partial charge < -0.3 is 9.64 Å². The summed E-state index contributed by atoms with van der Waals surface area (Å²) in [5, 5.41) is 9.34. The van der Waals surface area contributed by atoms with Gasteiger partial charge in [-0.1, -0.05) is 23.2 Å². The number of piperazine rings is 1. The number of rotatable bonds is 6. The molecule has 4 aromatic rings. The number of H-pyrrole nitrogens is 1. The minimum Gasteiger partial charge on any atom is -0.486 e. The summed E-state index contributed by atoms with van der Waals surface area (Å²) in [4.78, 5) is 10.7. The number of fused-ring (bicyclic) bond motifs is 1. The highest BCUT2D eigenvalue weighted by Gasteiger charge is 2.24. The van der Waals surface area contributed by atoms with Crippen molar-refractivity contribution in [3.05, 3.63) is 64.5 Å². The Morgan fingerprint density at radius 2 is 1.75 bits per heavy atom. The van der Waals surface area contributed by atoms with Gasteiger partial charge in [-0.3, -0.25) is 10.1 Å². The molecule has 0 amide bonds. The van der Waals surface area contributed by atoms with Gasteiger partial charge in [-0.05, 0) is 37.3 Å². The molecule has 4 heterocycles. The number of hydrogen-bond donors (Lipinski definition) is 1. The van der Waals surface area contributed by atoms with Crippen molar-refractivity contribution in [3.8, 4) is 17.0 Å². The van der Waals surface area contributed by atoms with Gasteiger partial charge in [-0.15, -0.1) is 0 Å². The van der Waals surface area contributed by atoms with Crippen molar-refractivity contribution in [3.63, 3.8) is 0 Å². The van der Waals surface area contributed by atoms with Crippen LogP contribution in [0.3, 0.4) is 0 Å². The summed E-state index contributed by atoms with van der Waals surface area (Å²) in [6, 6.07) is 9.59. The lowest BCUT2D eigenvalue weighted by atomic mass is 10.1. The quantitative estimate of drug-likeness (QED) is 0.378. The number of pyridine rings is 2. The smallest absolute Gasteiger partial charge is 0.211 e. The van der Waals surface area contributed by atoms with Crippen LogP contribution in [0.15, 0.2) is 48.9 Å². The monoisotopic (exact) mass is 546 g/mol. The lowest BCUT2D eigenvalue weighted by Crippen LogP contribution is -2.48. The third kappa shape index (κ3) is 4.99. The van der Waals surface area contributed by atoms with E-state index in [0.717, 1.165) is 28.0 Å². The number of nitrogens with one attached hydrogen (secondary N) is 1. The van der Waals surface area contributed by atoms with Gasteiger partial charge in [0.2, 0.25) is 10.0 Å². The van der Waals surface area contributed by atoms with Crippen LogP contribution >= 0.6 is 23.2 Å². The second-order valence-corrected chi connectivity index (χ2v) is 11.4. The fourth-order valence-electron chi connectivity index (χ4n) is 4.32. The SMILES string of the molecule is C[C@H](Oc1ccc2[nH]nc(-c3ccc(N4CCN(S(C)(=O)=O)CC4)nc3)c2c1)c1c(Cl)cncc1Cl. The maximum absolute atomic E-state index is 11.8. The first-order chi connectivity index (χ1) is 17.2. The highest BCUT2D eigenvalue weighted by Crippen LogP contribution is 2.35. The van der Waals surface area contributed by atoms with Gasteiger partial charge in [-0.25, -0.2) is 13.4 Å². The van der Waals surface area contributed by atoms with Crippen LogP contribution in [0.2, 0.25) is 10.0 Å². The molecule has 0 radical (unpaired) electrons. The molecule has 1 aliphatic rings. The standard InChI is InChI=1S/C24H24Cl2N6O3S/c1-15(23-19(25)13-27-14-20(23)26)35-17-4-5-21-18(11-17)24(30-29-21)16-3-6-22(28-12-16)31-7-9-32(10-8-31)36(2,33)34/h3-6,11-15H,7-10H2,1-2H3,(H,29,30)/t15-/m0/s1. The lowest BCUT2D eigenvalue weighted by molar-refractivity contribution is 0.227. The maximum atomic E-state index is 11.8. The van der Waals surface area contributed by atoms with E-state index in [1.165, 1.54) is 10.6 Å². The molecular weight excluding hydrogens is 523 g/mol. The molecule has 1 fully saturated rings. The molecule has 1 aromatic carbocycles. The molecule has 0 unspecified atom stereocenters. The molecule has 0 bridgehead atoms. The lowest BCUT2D eigenvalue weighted by Gasteiger charge is -2.33. The van der Waals surface area contributed by atoms with E-state index >= 15 is 0 Å². The largest absolute Gasteiger partial charge is 0.486 e. The van der Waals surface area contributed by atoms with Crippen LogP contribution in [-0.4, -0.2) is 65.3 Å². The van der Waals surface area contributed by atoms with Crippen molar-refractivity contribution in [1.82, 2.24) is 24.5 Å². The second-order valence-electron chi connectivity index (χ2n) is 8.61. The zero-order chi connectivity index (χ0) is 25.4. The first kappa shape index (κ1) is 24.8. The van der Waals surface area contributed by atoms with Crippen LogP contribution in [-0.2, 0) is 10.0 Å². The predicted molar refractivity (Wildman–Crippen MR) is 141 cm³/mol. The summed E-state index contributed by atoms with van der Waals surface area (Å²) in [6.07, 6.45) is 5.72. The van der Waals surface area contributed by atoms with Gasteiger partial charge in [0.15, 0.2) is 0 Å². The Labute approximate surface area is 219 Å². The van der Waals surface area contributed by atoms with Crippen molar-refractivity contribution < 1.29 is 13.2 Å². The van der Waals surface area contributed by atoms with Crippen LogP contribution < -0.4 is 9.64 Å². The minimum absolute atomic E-state index is 0.384. The van der Waals surface area contributed by atoms with Gasteiger partial charge >= 0.3 is 0 Å². The number of halogens is 2. The molecule has 1 saturated heterocycles. The van der Waals surface area contributed by atoms with Gasteiger partial charge in [-0.2, -0.15) is 9.40 Å². The topological polar surface area (TPSA) is 104 Å². The third-order valence-corrected chi connectivity index (χ3v) is 8.10. The summed E-state index contributed by atoms with van der Waals surface area (Å²) < 4.78 is 31.2. The zero-order valence-electron chi connectivity index (χ0n) is 19.6. The highest BCUT2D eigenvalue weighted by molar-refractivity contribution is 7.88. The van der Waals surface area contributed by atoms with Crippen molar-refractivity contribution in [2.45, 2.75) is 13.0 Å². The molecule has 36 heavy (non-hydrogen) atoms. The van der Waals surface area contributed by atoms with Gasteiger partial charge in [0.1, 0.15) is 23.4 Å². The summed E-state index contributed by atoms with van der Waals surface area (Å²) in [5.41, 5.74) is 3.15. The first-order valence-corrected chi connectivity index (χ1v) is 13.9. The number of benzene rings is 1. The molecule has 0 saturated carbocycles. The second kappa shape index (κ2) is 9.85. The molecule has 12 heteroatoms. The number of aromatic amines is 1. The van der Waals surface area contributed by atoms with E-state index in [1.807, 2.05) is 37.3 Å². The Morgan fingerprint density at radius 3 is 2.39 bits per heavy atom. The summed E-state index contributed by atoms with van der Waals surface area (Å²) in [7, 11) is -3.17. The minimum atomic E-state index is -3.17. The Morgan fingerprint density at radius 1 is 1.03 bits per heavy atom. The Kier molecular flexibility index (Phi) is 6.78. The van der Waals surface area contributed by atoms with E-state index in [1.54, 1.807) is 18.6 Å². The van der Waals surface area contributed by atoms with Crippen molar-refractivity contribution >= 4 is 49.9 Å². The van der Waals surface area contributed by atoms with Gasteiger partial charge in [0.25, 0.3) is 0 Å². The molecule has 0 aliphatic carbocycles. The molecular formula is C24H24Cl2N6O3S. The predicted octanol–water partition coefficient (Wildman–Crippen LogP) is 4.55. The van der Waals surface area contributed by atoms with E-state index in [9.17, 15) is 8.42 Å². The van der Waals surface area contributed by atoms with Crippen LogP contribution in [0, 0.1) is 0 Å². The normalized spacial score (nSPS) is 15.8. The Balaban J connectivity index is 1.35. The summed E-state index contributed by atoms with van der Waals surface area (Å²) in [5.74, 6) is 1.45. The van der Waals surface area contributed by atoms with E-state index in [2.05, 4.69) is 25.1 Å². The van der Waals surface area contributed by atoms with Crippen molar-refractivity contribution in [2.75, 3.05) is 37.3 Å². The van der Waals surface area contributed by atoms with E-state index in [0.29, 0.717) is 47.5 Å². The number of hydrogen-bond acceptors (Lipinski definition) is 7. The number of anilines is 1. The molecule has 1 aliphatic heterocycles. The fraction of sp³-hybridized carbons (Fsp3) is 0.292. The van der Waals surface area contributed by atoms with Gasteiger partial charge in [0, 0.05) is 61.3 Å². The average molecular weight is 547 g/mol. The van der Waals surface area contributed by atoms with Crippen molar-refractivity contribution in [1.29, 1.82) is 0 Å². The number of ether oxygens (including phenoxy) is 1. The number of aromatic nitrogens is 4. The molecule has 3 aromatic heterocycles. The van der Waals surface area contributed by atoms with Crippen LogP contribution in [0.5, 0.6) is 5.75 Å². The third-order valence-electron chi connectivity index (χ3n) is 6.20. The fourth-order valence-corrected chi connectivity index (χ4v) is 5.82. The zero-order valence-corrected chi connectivity index (χ0v) is 22.0.